The minimum absolute atomic E-state index is 0.0976. The lowest BCUT2D eigenvalue weighted by atomic mass is 9.94. The average molecular weight is 373 g/mol. The van der Waals surface area contributed by atoms with Crippen LogP contribution in [-0.4, -0.2) is 17.1 Å². The Hall–Kier alpha value is -2.65. The minimum atomic E-state index is -0.771. The third-order valence-corrected chi connectivity index (χ3v) is 5.99. The summed E-state index contributed by atoms with van der Waals surface area (Å²) in [6.45, 7) is 2.25. The van der Waals surface area contributed by atoms with E-state index in [4.69, 9.17) is 5.11 Å². The van der Waals surface area contributed by atoms with Crippen molar-refractivity contribution in [3.05, 3.63) is 83.4 Å². The van der Waals surface area contributed by atoms with Crippen molar-refractivity contribution in [2.24, 2.45) is 0 Å². The fourth-order valence-corrected chi connectivity index (χ4v) is 4.64. The maximum atomic E-state index is 11.0. The van der Waals surface area contributed by atoms with Crippen molar-refractivity contribution in [2.75, 3.05) is 0 Å². The third kappa shape index (κ3) is 4.10. The number of carboxylic acid groups (broad SMARTS) is 1. The lowest BCUT2D eigenvalue weighted by Crippen LogP contribution is -2.29. The highest BCUT2D eigenvalue weighted by Gasteiger charge is 2.27. The zero-order chi connectivity index (χ0) is 19.5. The Morgan fingerprint density at radius 3 is 2.71 bits per heavy atom. The number of hydrogen-bond donors (Lipinski definition) is 2. The summed E-state index contributed by atoms with van der Waals surface area (Å²) in [6, 6.07) is 24.0. The summed E-state index contributed by atoms with van der Waals surface area (Å²) in [5, 5.41) is 15.5. The minimum Gasteiger partial charge on any atom is -0.481 e. The van der Waals surface area contributed by atoms with Crippen molar-refractivity contribution >= 4 is 16.7 Å². The lowest BCUT2D eigenvalue weighted by Gasteiger charge is -2.21. The van der Waals surface area contributed by atoms with Gasteiger partial charge in [-0.1, -0.05) is 66.7 Å². The van der Waals surface area contributed by atoms with Crippen molar-refractivity contribution in [1.82, 2.24) is 5.32 Å². The van der Waals surface area contributed by atoms with Crippen LogP contribution >= 0.6 is 0 Å². The van der Waals surface area contributed by atoms with Gasteiger partial charge in [0.15, 0.2) is 0 Å². The van der Waals surface area contributed by atoms with E-state index in [0.717, 1.165) is 24.8 Å². The van der Waals surface area contributed by atoms with E-state index in [1.54, 1.807) is 0 Å². The van der Waals surface area contributed by atoms with Gasteiger partial charge in [-0.3, -0.25) is 4.79 Å². The number of nitrogens with one attached hydrogen (secondary N) is 1. The van der Waals surface area contributed by atoms with E-state index in [2.05, 4.69) is 66.8 Å². The fraction of sp³-hybridized carbons (Fsp3) is 0.320. The molecule has 1 fully saturated rings. The standard InChI is InChI=1S/C25H27NO2/c1-17(23-11-5-8-19-7-2-3-10-24(19)23)26-22-13-12-21(16-22)20-9-4-6-18(14-20)15-25(27)28/h2-11,14,17,21-22,26H,12-13,15-16H2,1H3,(H,27,28)/t17-,21?,22?/m1/s1. The van der Waals surface area contributed by atoms with Gasteiger partial charge >= 0.3 is 5.97 Å². The van der Waals surface area contributed by atoms with Gasteiger partial charge in [-0.15, -0.1) is 0 Å². The second kappa shape index (κ2) is 8.15. The highest BCUT2D eigenvalue weighted by Crippen LogP contribution is 2.36. The van der Waals surface area contributed by atoms with Crippen LogP contribution in [0.2, 0.25) is 0 Å². The van der Waals surface area contributed by atoms with Crippen LogP contribution in [0.3, 0.4) is 0 Å². The molecule has 1 aliphatic rings. The molecule has 0 spiro atoms. The van der Waals surface area contributed by atoms with Gasteiger partial charge in [-0.05, 0) is 59.6 Å². The molecule has 4 rings (SSSR count). The second-order valence-electron chi connectivity index (χ2n) is 7.98. The van der Waals surface area contributed by atoms with E-state index in [1.165, 1.54) is 21.9 Å². The SMILES string of the molecule is C[C@@H](NC1CCC(c2cccc(CC(=O)O)c2)C1)c1cccc2ccccc12. The Morgan fingerprint density at radius 2 is 1.86 bits per heavy atom. The number of hydrogen-bond acceptors (Lipinski definition) is 2. The monoisotopic (exact) mass is 373 g/mol. The number of benzene rings is 3. The maximum absolute atomic E-state index is 11.0. The molecule has 144 valence electrons. The van der Waals surface area contributed by atoms with Gasteiger partial charge in [0.2, 0.25) is 0 Å². The van der Waals surface area contributed by atoms with Gasteiger partial charge in [-0.2, -0.15) is 0 Å². The van der Waals surface area contributed by atoms with Gasteiger partial charge in [-0.25, -0.2) is 0 Å². The predicted molar refractivity (Wildman–Crippen MR) is 114 cm³/mol. The third-order valence-electron chi connectivity index (χ3n) is 5.99. The van der Waals surface area contributed by atoms with Crippen LogP contribution in [-0.2, 0) is 11.2 Å². The molecule has 0 aromatic heterocycles. The summed E-state index contributed by atoms with van der Waals surface area (Å²) in [7, 11) is 0. The van der Waals surface area contributed by atoms with Crippen LogP contribution in [0.15, 0.2) is 66.7 Å². The smallest absolute Gasteiger partial charge is 0.307 e. The Kier molecular flexibility index (Phi) is 5.45. The first-order chi connectivity index (χ1) is 13.6. The number of aliphatic carboxylic acids is 1. The number of carboxylic acids is 1. The second-order valence-corrected chi connectivity index (χ2v) is 7.98. The Balaban J connectivity index is 1.44. The molecular weight excluding hydrogens is 346 g/mol. The van der Waals surface area contributed by atoms with Gasteiger partial charge < -0.3 is 10.4 Å². The predicted octanol–water partition coefficient (Wildman–Crippen LogP) is 5.45. The summed E-state index contributed by atoms with van der Waals surface area (Å²) < 4.78 is 0. The molecular formula is C25H27NO2. The highest BCUT2D eigenvalue weighted by molar-refractivity contribution is 5.86. The molecule has 3 atom stereocenters. The summed E-state index contributed by atoms with van der Waals surface area (Å²) in [5.41, 5.74) is 3.52. The number of fused-ring (bicyclic) bond motifs is 1. The highest BCUT2D eigenvalue weighted by atomic mass is 16.4. The molecule has 0 heterocycles. The molecule has 0 radical (unpaired) electrons. The molecule has 0 aliphatic heterocycles. The molecule has 0 saturated heterocycles. The molecule has 28 heavy (non-hydrogen) atoms. The van der Waals surface area contributed by atoms with Crippen molar-refractivity contribution < 1.29 is 9.90 Å². The molecule has 3 aromatic rings. The van der Waals surface area contributed by atoms with Crippen molar-refractivity contribution in [1.29, 1.82) is 0 Å². The van der Waals surface area contributed by atoms with Crippen molar-refractivity contribution in [3.63, 3.8) is 0 Å². The summed E-state index contributed by atoms with van der Waals surface area (Å²) in [5.74, 6) is -0.266. The van der Waals surface area contributed by atoms with Gasteiger partial charge in [0.25, 0.3) is 0 Å². The first kappa shape index (κ1) is 18.7. The van der Waals surface area contributed by atoms with Crippen LogP contribution in [0, 0.1) is 0 Å². The van der Waals surface area contributed by atoms with E-state index in [-0.39, 0.29) is 6.42 Å². The fourth-order valence-electron chi connectivity index (χ4n) is 4.64. The van der Waals surface area contributed by atoms with Crippen molar-refractivity contribution in [3.8, 4) is 0 Å². The Labute approximate surface area is 166 Å². The zero-order valence-corrected chi connectivity index (χ0v) is 16.3. The quantitative estimate of drug-likeness (QED) is 0.604. The van der Waals surface area contributed by atoms with Crippen LogP contribution in [0.25, 0.3) is 10.8 Å². The van der Waals surface area contributed by atoms with Crippen LogP contribution in [0.1, 0.15) is 54.8 Å². The van der Waals surface area contributed by atoms with Crippen LogP contribution in [0.5, 0.6) is 0 Å². The van der Waals surface area contributed by atoms with E-state index in [1.807, 2.05) is 12.1 Å². The molecule has 3 heteroatoms. The van der Waals surface area contributed by atoms with E-state index < -0.39 is 5.97 Å². The molecule has 1 aliphatic carbocycles. The first-order valence-electron chi connectivity index (χ1n) is 10.1. The summed E-state index contributed by atoms with van der Waals surface area (Å²) in [4.78, 5) is 11.0. The average Bonchev–Trinajstić information content (AvgIpc) is 3.16. The summed E-state index contributed by atoms with van der Waals surface area (Å²) >= 11 is 0. The van der Waals surface area contributed by atoms with Gasteiger partial charge in [0.05, 0.1) is 6.42 Å². The van der Waals surface area contributed by atoms with Gasteiger partial charge in [0.1, 0.15) is 0 Å². The molecule has 2 unspecified atom stereocenters. The molecule has 0 bridgehead atoms. The van der Waals surface area contributed by atoms with E-state index in [0.29, 0.717) is 18.0 Å². The number of carbonyl (C=O) groups is 1. The van der Waals surface area contributed by atoms with Crippen LogP contribution in [0.4, 0.5) is 0 Å². The van der Waals surface area contributed by atoms with E-state index in [9.17, 15) is 4.79 Å². The first-order valence-corrected chi connectivity index (χ1v) is 10.1. The lowest BCUT2D eigenvalue weighted by molar-refractivity contribution is -0.136. The van der Waals surface area contributed by atoms with Gasteiger partial charge in [0, 0.05) is 12.1 Å². The molecule has 1 saturated carbocycles. The zero-order valence-electron chi connectivity index (χ0n) is 16.3. The number of rotatable bonds is 6. The molecule has 3 aromatic carbocycles. The molecule has 2 N–H and O–H groups in total. The topological polar surface area (TPSA) is 49.3 Å². The molecule has 0 amide bonds. The van der Waals surface area contributed by atoms with E-state index >= 15 is 0 Å². The van der Waals surface area contributed by atoms with Crippen LogP contribution < -0.4 is 5.32 Å². The Morgan fingerprint density at radius 1 is 1.07 bits per heavy atom. The largest absolute Gasteiger partial charge is 0.481 e. The molecule has 3 nitrogen and oxygen atoms in total. The normalized spacial score (nSPS) is 20.3. The maximum Gasteiger partial charge on any atom is 0.307 e. The van der Waals surface area contributed by atoms with Crippen molar-refractivity contribution in [2.45, 2.75) is 50.6 Å². The summed E-state index contributed by atoms with van der Waals surface area (Å²) in [6.07, 6.45) is 3.51. The Bertz CT molecular complexity index is 976.